The van der Waals surface area contributed by atoms with E-state index in [1.165, 1.54) is 5.69 Å². The molecule has 0 N–H and O–H groups in total. The van der Waals surface area contributed by atoms with Crippen LogP contribution in [-0.2, 0) is 0 Å². The number of aliphatic imine (C=N–C) groups is 2. The fourth-order valence-corrected chi connectivity index (χ4v) is 3.68. The second-order valence-corrected chi connectivity index (χ2v) is 8.11. The van der Waals surface area contributed by atoms with Crippen LogP contribution in [0.15, 0.2) is 51.7 Å². The molecule has 1 aliphatic heterocycles. The summed E-state index contributed by atoms with van der Waals surface area (Å²) in [6.45, 7) is 14.5. The van der Waals surface area contributed by atoms with E-state index in [1.54, 1.807) is 0 Å². The molecule has 1 aromatic rings. The van der Waals surface area contributed by atoms with E-state index < -0.39 is 0 Å². The number of nitrogens with zero attached hydrogens (tertiary/aromatic N) is 5. The van der Waals surface area contributed by atoms with Crippen LogP contribution in [0.2, 0.25) is 0 Å². The number of benzene rings is 1. The molecule has 0 saturated heterocycles. The Morgan fingerprint density at radius 1 is 0.966 bits per heavy atom. The number of anilines is 1. The fourth-order valence-electron chi connectivity index (χ4n) is 3.68. The van der Waals surface area contributed by atoms with Gasteiger partial charge in [0, 0.05) is 30.4 Å². The minimum atomic E-state index is -0.158. The first-order valence-corrected chi connectivity index (χ1v) is 9.96. The molecular formula is C24H29N5. The van der Waals surface area contributed by atoms with Gasteiger partial charge in [-0.15, -0.1) is 0 Å². The zero-order chi connectivity index (χ0) is 21.6. The van der Waals surface area contributed by atoms with Gasteiger partial charge in [0.1, 0.15) is 12.1 Å². The highest BCUT2D eigenvalue weighted by molar-refractivity contribution is 6.14. The molecule has 2 rings (SSSR count). The van der Waals surface area contributed by atoms with Gasteiger partial charge in [-0.05, 0) is 50.0 Å². The Morgan fingerprint density at radius 3 is 2.00 bits per heavy atom. The Hall–Kier alpha value is -3.18. The number of nitriles is 2. The highest BCUT2D eigenvalue weighted by Gasteiger charge is 2.33. The van der Waals surface area contributed by atoms with Crippen LogP contribution in [0.4, 0.5) is 5.69 Å². The van der Waals surface area contributed by atoms with E-state index in [0.29, 0.717) is 0 Å². The van der Waals surface area contributed by atoms with Crippen LogP contribution in [0.5, 0.6) is 0 Å². The molecule has 1 aromatic carbocycles. The first-order valence-electron chi connectivity index (χ1n) is 9.96. The summed E-state index contributed by atoms with van der Waals surface area (Å²) < 4.78 is 0. The zero-order valence-corrected chi connectivity index (χ0v) is 18.2. The number of rotatable bonds is 5. The van der Waals surface area contributed by atoms with Crippen molar-refractivity contribution in [1.82, 2.24) is 0 Å². The lowest BCUT2D eigenvalue weighted by Gasteiger charge is -2.30. The highest BCUT2D eigenvalue weighted by atomic mass is 15.1. The molecule has 5 nitrogen and oxygen atoms in total. The second kappa shape index (κ2) is 9.34. The summed E-state index contributed by atoms with van der Waals surface area (Å²) in [4.78, 5) is 11.2. The van der Waals surface area contributed by atoms with E-state index >= 15 is 0 Å². The number of hydrogen-bond donors (Lipinski definition) is 0. The van der Waals surface area contributed by atoms with Crippen molar-refractivity contribution in [2.24, 2.45) is 21.3 Å². The van der Waals surface area contributed by atoms with Gasteiger partial charge < -0.3 is 4.90 Å². The monoisotopic (exact) mass is 387 g/mol. The fraction of sp³-hybridized carbons (Fsp3) is 0.417. The van der Waals surface area contributed by atoms with Gasteiger partial charge in [-0.3, -0.25) is 0 Å². The molecule has 0 saturated carbocycles. The maximum absolute atomic E-state index is 9.46. The summed E-state index contributed by atoms with van der Waals surface area (Å²) in [6.07, 6.45) is 3.95. The first kappa shape index (κ1) is 22.1. The predicted molar refractivity (Wildman–Crippen MR) is 121 cm³/mol. The Bertz CT molecular complexity index is 937. The minimum Gasteiger partial charge on any atom is -0.372 e. The zero-order valence-electron chi connectivity index (χ0n) is 18.2. The van der Waals surface area contributed by atoms with Crippen molar-refractivity contribution < 1.29 is 0 Å². The average molecular weight is 388 g/mol. The smallest absolute Gasteiger partial charge is 0.177 e. The van der Waals surface area contributed by atoms with Gasteiger partial charge in [-0.2, -0.15) is 10.5 Å². The third-order valence-electron chi connectivity index (χ3n) is 5.01. The van der Waals surface area contributed by atoms with E-state index in [9.17, 15) is 10.5 Å². The van der Waals surface area contributed by atoms with Crippen molar-refractivity contribution in [2.45, 2.75) is 41.5 Å². The van der Waals surface area contributed by atoms with Crippen LogP contribution in [0, 0.1) is 34.0 Å². The standard InChI is InChI=1S/C24H29N5/c1-7-29(8-2)19-12-9-18(10-13-19)11-14-20-23(24(4,5)6)17(3)27-21(15-25)22(16-26)28-20/h9-14,23H,7-8H2,1-6H3/b14-11+. The molecule has 0 amide bonds. The van der Waals surface area contributed by atoms with Gasteiger partial charge in [0.15, 0.2) is 11.4 Å². The van der Waals surface area contributed by atoms with Crippen LogP contribution in [0.25, 0.3) is 6.08 Å². The van der Waals surface area contributed by atoms with Gasteiger partial charge >= 0.3 is 0 Å². The summed E-state index contributed by atoms with van der Waals surface area (Å²) in [7, 11) is 0. The molecule has 0 aromatic heterocycles. The van der Waals surface area contributed by atoms with Gasteiger partial charge in [0.2, 0.25) is 0 Å². The summed E-state index contributed by atoms with van der Waals surface area (Å²) >= 11 is 0. The average Bonchev–Trinajstić information content (AvgIpc) is 2.83. The third-order valence-corrected chi connectivity index (χ3v) is 5.01. The Morgan fingerprint density at radius 2 is 1.52 bits per heavy atom. The van der Waals surface area contributed by atoms with Crippen molar-refractivity contribution in [3.8, 4) is 12.1 Å². The van der Waals surface area contributed by atoms with E-state index in [1.807, 2.05) is 31.2 Å². The molecule has 0 fully saturated rings. The van der Waals surface area contributed by atoms with Gasteiger partial charge in [-0.1, -0.05) is 39.0 Å². The summed E-state index contributed by atoms with van der Waals surface area (Å²) in [5.74, 6) is -0.0945. The first-order chi connectivity index (χ1) is 13.7. The number of allylic oxidation sites excluding steroid dienone is 3. The molecule has 150 valence electrons. The maximum atomic E-state index is 9.46. The largest absolute Gasteiger partial charge is 0.372 e. The van der Waals surface area contributed by atoms with Crippen molar-refractivity contribution in [1.29, 1.82) is 10.5 Å². The molecule has 1 heterocycles. The van der Waals surface area contributed by atoms with Crippen LogP contribution < -0.4 is 4.90 Å². The molecule has 5 heteroatoms. The summed E-state index contributed by atoms with van der Waals surface area (Å²) in [5.41, 5.74) is 3.77. The lowest BCUT2D eigenvalue weighted by atomic mass is 9.75. The second-order valence-electron chi connectivity index (χ2n) is 8.11. The van der Waals surface area contributed by atoms with Crippen LogP contribution in [0.3, 0.4) is 0 Å². The topological polar surface area (TPSA) is 75.5 Å². The lowest BCUT2D eigenvalue weighted by Crippen LogP contribution is -2.33. The SMILES string of the molecule is CCN(CC)c1ccc(/C=C/C2=NC(C#N)=C(C#N)N=C(C)C2C(C)(C)C)cc1. The molecule has 0 bridgehead atoms. The van der Waals surface area contributed by atoms with E-state index in [4.69, 9.17) is 0 Å². The Labute approximate surface area is 174 Å². The van der Waals surface area contributed by atoms with E-state index in [0.717, 1.165) is 30.1 Å². The molecule has 1 atom stereocenters. The van der Waals surface area contributed by atoms with Gasteiger partial charge in [0.25, 0.3) is 0 Å². The molecule has 1 unspecified atom stereocenters. The molecule has 29 heavy (non-hydrogen) atoms. The number of hydrogen-bond acceptors (Lipinski definition) is 5. The molecule has 0 aliphatic carbocycles. The maximum Gasteiger partial charge on any atom is 0.177 e. The van der Waals surface area contributed by atoms with Crippen molar-refractivity contribution in [3.63, 3.8) is 0 Å². The third kappa shape index (κ3) is 5.21. The molecule has 0 spiro atoms. The van der Waals surface area contributed by atoms with Crippen molar-refractivity contribution >= 4 is 23.2 Å². The van der Waals surface area contributed by atoms with Crippen LogP contribution in [0.1, 0.15) is 47.1 Å². The normalized spacial score (nSPS) is 17.3. The molecule has 0 radical (unpaired) electrons. The molecule has 1 aliphatic rings. The summed E-state index contributed by atoms with van der Waals surface area (Å²) in [6, 6.07) is 12.4. The van der Waals surface area contributed by atoms with Crippen LogP contribution in [-0.4, -0.2) is 24.5 Å². The van der Waals surface area contributed by atoms with Crippen LogP contribution >= 0.6 is 0 Å². The Balaban J connectivity index is 2.45. The lowest BCUT2D eigenvalue weighted by molar-refractivity contribution is 0.378. The summed E-state index contributed by atoms with van der Waals surface area (Å²) in [5, 5.41) is 18.8. The highest BCUT2D eigenvalue weighted by Crippen LogP contribution is 2.32. The van der Waals surface area contributed by atoms with E-state index in [2.05, 4.69) is 73.8 Å². The van der Waals surface area contributed by atoms with Gasteiger partial charge in [0.05, 0.1) is 5.71 Å². The van der Waals surface area contributed by atoms with Gasteiger partial charge in [-0.25, -0.2) is 9.98 Å². The quantitative estimate of drug-likeness (QED) is 0.680. The predicted octanol–water partition coefficient (Wildman–Crippen LogP) is 5.38. The Kier molecular flexibility index (Phi) is 7.13. The van der Waals surface area contributed by atoms with Crippen molar-refractivity contribution in [3.05, 3.63) is 47.3 Å². The van der Waals surface area contributed by atoms with Crippen molar-refractivity contribution in [2.75, 3.05) is 18.0 Å². The molecular weight excluding hydrogens is 358 g/mol. The minimum absolute atomic E-state index is 0.0649. The van der Waals surface area contributed by atoms with E-state index in [-0.39, 0.29) is 22.7 Å².